The first-order valence-corrected chi connectivity index (χ1v) is 10.1. The van der Waals surface area contributed by atoms with E-state index >= 15 is 0 Å². The Bertz CT molecular complexity index is 823. The van der Waals surface area contributed by atoms with Gasteiger partial charge in [-0.3, -0.25) is 9.59 Å². The van der Waals surface area contributed by atoms with Crippen LogP contribution in [0, 0.1) is 0 Å². The van der Waals surface area contributed by atoms with Gasteiger partial charge in [-0.25, -0.2) is 18.7 Å². The molecule has 0 N–H and O–H groups in total. The first-order valence-electron chi connectivity index (χ1n) is 10.1. The lowest BCUT2D eigenvalue weighted by Crippen LogP contribution is -2.09. The largest absolute Gasteiger partial charge is 0.466 e. The van der Waals surface area contributed by atoms with Gasteiger partial charge in [0.1, 0.15) is 12.3 Å². The predicted molar refractivity (Wildman–Crippen MR) is 102 cm³/mol. The van der Waals surface area contributed by atoms with Crippen LogP contribution in [0.15, 0.2) is 12.7 Å². The molecule has 0 saturated carbocycles. The van der Waals surface area contributed by atoms with E-state index in [1.807, 2.05) is 0 Å². The summed E-state index contributed by atoms with van der Waals surface area (Å²) in [6, 6.07) is 0. The number of fused-ring (bicyclic) bond motifs is 2. The average molecular weight is 424 g/mol. The van der Waals surface area contributed by atoms with Crippen molar-refractivity contribution in [1.82, 2.24) is 19.1 Å². The molecule has 8 nitrogen and oxygen atoms in total. The summed E-state index contributed by atoms with van der Waals surface area (Å²) in [5, 5.41) is 0. The number of hydrogen-bond donors (Lipinski definition) is 0. The van der Waals surface area contributed by atoms with Gasteiger partial charge in [-0.1, -0.05) is 0 Å². The van der Waals surface area contributed by atoms with Crippen molar-refractivity contribution in [2.75, 3.05) is 13.2 Å². The number of nitrogens with zero attached hydrogens (tertiary/aromatic N) is 4. The van der Waals surface area contributed by atoms with Crippen molar-refractivity contribution in [1.29, 1.82) is 0 Å². The zero-order valence-corrected chi connectivity index (χ0v) is 17.1. The van der Waals surface area contributed by atoms with Crippen LogP contribution >= 0.6 is 0 Å². The number of aromatic nitrogens is 4. The summed E-state index contributed by atoms with van der Waals surface area (Å²) in [6.07, 6.45) is 2.48. The van der Waals surface area contributed by atoms with Gasteiger partial charge < -0.3 is 18.6 Å². The molecule has 4 rings (SSSR count). The van der Waals surface area contributed by atoms with Crippen molar-refractivity contribution in [2.24, 2.45) is 0 Å². The fourth-order valence-corrected chi connectivity index (χ4v) is 3.65. The molecule has 0 saturated heterocycles. The van der Waals surface area contributed by atoms with E-state index in [-0.39, 0.29) is 24.8 Å². The molecular formula is C20H26F2N4O4. The molecule has 2 atom stereocenters. The molecule has 2 aliphatic heterocycles. The summed E-state index contributed by atoms with van der Waals surface area (Å²) in [5.74, 6) is -0.609. The number of ether oxygens (including phenoxy) is 2. The van der Waals surface area contributed by atoms with Crippen molar-refractivity contribution in [3.8, 4) is 0 Å². The molecule has 164 valence electrons. The van der Waals surface area contributed by atoms with E-state index in [0.717, 1.165) is 11.4 Å². The van der Waals surface area contributed by atoms with E-state index in [9.17, 15) is 18.4 Å². The molecule has 0 unspecified atom stereocenters. The number of alkyl halides is 2. The summed E-state index contributed by atoms with van der Waals surface area (Å²) in [4.78, 5) is 30.6. The van der Waals surface area contributed by atoms with Gasteiger partial charge in [-0.05, 0) is 13.8 Å². The Kier molecular flexibility index (Phi) is 7.17. The van der Waals surface area contributed by atoms with Gasteiger partial charge in [0.25, 0.3) is 0 Å². The first-order chi connectivity index (χ1) is 14.4. The van der Waals surface area contributed by atoms with Crippen molar-refractivity contribution < 1.29 is 27.8 Å². The van der Waals surface area contributed by atoms with E-state index < -0.39 is 12.3 Å². The minimum Gasteiger partial charge on any atom is -0.466 e. The maximum Gasteiger partial charge on any atom is 0.311 e. The Hall–Kier alpha value is -2.78. The highest BCUT2D eigenvalue weighted by Gasteiger charge is 2.26. The van der Waals surface area contributed by atoms with Gasteiger partial charge in [0.2, 0.25) is 0 Å². The third-order valence-corrected chi connectivity index (χ3v) is 4.92. The van der Waals surface area contributed by atoms with Crippen molar-refractivity contribution in [3.63, 3.8) is 0 Å². The highest BCUT2D eigenvalue weighted by molar-refractivity contribution is 5.72. The van der Waals surface area contributed by atoms with E-state index in [4.69, 9.17) is 9.47 Å². The maximum atomic E-state index is 13.1. The van der Waals surface area contributed by atoms with Crippen LogP contribution in [0.2, 0.25) is 0 Å². The molecule has 0 fully saturated rings. The van der Waals surface area contributed by atoms with Crippen LogP contribution in [0.5, 0.6) is 0 Å². The molecule has 0 aliphatic carbocycles. The van der Waals surface area contributed by atoms with Gasteiger partial charge in [0, 0.05) is 24.2 Å². The molecule has 10 heteroatoms. The van der Waals surface area contributed by atoms with Crippen molar-refractivity contribution >= 4 is 11.9 Å². The van der Waals surface area contributed by atoms with Crippen molar-refractivity contribution in [2.45, 2.75) is 65.0 Å². The predicted octanol–water partition coefficient (Wildman–Crippen LogP) is 1.77. The Labute approximate surface area is 173 Å². The Balaban J connectivity index is 0.000000171. The van der Waals surface area contributed by atoms with E-state index in [1.165, 1.54) is 0 Å². The third-order valence-electron chi connectivity index (χ3n) is 4.92. The topological polar surface area (TPSA) is 88.2 Å². The van der Waals surface area contributed by atoms with Crippen LogP contribution < -0.4 is 0 Å². The summed E-state index contributed by atoms with van der Waals surface area (Å²) < 4.78 is 39.3. The average Bonchev–Trinajstić information content (AvgIpc) is 3.41. The molecule has 0 radical (unpaired) electrons. The molecule has 0 amide bonds. The minimum atomic E-state index is -0.844. The number of imidazole rings is 2. The monoisotopic (exact) mass is 424 g/mol. The molecule has 2 aromatic rings. The molecule has 0 spiro atoms. The second kappa shape index (κ2) is 9.82. The smallest absolute Gasteiger partial charge is 0.311 e. The molecule has 0 aromatic carbocycles. The number of carbonyl (C=O) groups is 2. The minimum absolute atomic E-state index is 0.142. The van der Waals surface area contributed by atoms with Gasteiger partial charge in [0.15, 0.2) is 0 Å². The van der Waals surface area contributed by atoms with Gasteiger partial charge in [-0.2, -0.15) is 0 Å². The summed E-state index contributed by atoms with van der Waals surface area (Å²) >= 11 is 0. The second-order valence-corrected chi connectivity index (χ2v) is 7.15. The molecular weight excluding hydrogens is 398 g/mol. The highest BCUT2D eigenvalue weighted by atomic mass is 19.1. The normalized spacial score (nSPS) is 18.9. The van der Waals surface area contributed by atoms with Crippen LogP contribution in [-0.4, -0.2) is 56.6 Å². The highest BCUT2D eigenvalue weighted by Crippen LogP contribution is 2.22. The van der Waals surface area contributed by atoms with Gasteiger partial charge in [-0.15, -0.1) is 0 Å². The number of esters is 2. The molecule has 2 aromatic heterocycles. The Morgan fingerprint density at radius 2 is 1.30 bits per heavy atom. The molecule has 4 heterocycles. The van der Waals surface area contributed by atoms with Crippen LogP contribution in [0.4, 0.5) is 8.78 Å². The summed E-state index contributed by atoms with van der Waals surface area (Å²) in [5.41, 5.74) is 2.95. The van der Waals surface area contributed by atoms with Crippen molar-refractivity contribution in [3.05, 3.63) is 35.4 Å². The number of hydrogen-bond acceptors (Lipinski definition) is 6. The van der Waals surface area contributed by atoms with E-state index in [0.29, 0.717) is 50.5 Å². The fourth-order valence-electron chi connectivity index (χ4n) is 3.65. The zero-order chi connectivity index (χ0) is 21.7. The standard InChI is InChI=1S/2C10H13FN2O2/c2*1-2-15-10(14)4-8-9-3-7(11)5-13(9)6-12-8/h2*6-7H,2-5H2,1H3/t2*7-/m11/s1. The van der Waals surface area contributed by atoms with Crippen LogP contribution in [0.1, 0.15) is 36.6 Å². The third kappa shape index (κ3) is 5.22. The molecule has 30 heavy (non-hydrogen) atoms. The van der Waals surface area contributed by atoms with Crippen LogP contribution in [0.3, 0.4) is 0 Å². The quantitative estimate of drug-likeness (QED) is 0.657. The number of halogens is 2. The Morgan fingerprint density at radius 1 is 0.900 bits per heavy atom. The lowest BCUT2D eigenvalue weighted by atomic mass is 10.2. The summed E-state index contributed by atoms with van der Waals surface area (Å²) in [7, 11) is 0. The second-order valence-electron chi connectivity index (χ2n) is 7.15. The zero-order valence-electron chi connectivity index (χ0n) is 17.1. The van der Waals surface area contributed by atoms with Gasteiger partial charge in [0.05, 0.1) is 63.2 Å². The first kappa shape index (κ1) is 21.9. The summed E-state index contributed by atoms with van der Waals surface area (Å²) in [6.45, 7) is 4.94. The molecule has 2 aliphatic rings. The maximum absolute atomic E-state index is 13.1. The fraction of sp³-hybridized carbons (Fsp3) is 0.600. The van der Waals surface area contributed by atoms with Crippen LogP contribution in [0.25, 0.3) is 0 Å². The lowest BCUT2D eigenvalue weighted by Gasteiger charge is -2.00. The lowest BCUT2D eigenvalue weighted by molar-refractivity contribution is -0.143. The van der Waals surface area contributed by atoms with Gasteiger partial charge >= 0.3 is 11.9 Å². The van der Waals surface area contributed by atoms with Crippen LogP contribution in [-0.2, 0) is 57.8 Å². The number of rotatable bonds is 6. The van der Waals surface area contributed by atoms with E-state index in [2.05, 4.69) is 9.97 Å². The Morgan fingerprint density at radius 3 is 1.67 bits per heavy atom. The SMILES string of the molecule is CCOC(=O)Cc1ncn2c1C[C@@H](F)C2.CCOC(=O)Cc1ncn2c1C[C@@H](F)C2. The number of carbonyl (C=O) groups excluding carboxylic acids is 2. The van der Waals surface area contributed by atoms with E-state index in [1.54, 1.807) is 35.6 Å². The molecule has 0 bridgehead atoms.